The van der Waals surface area contributed by atoms with Crippen molar-refractivity contribution in [3.8, 4) is 22.5 Å². The maximum atomic E-state index is 13.9. The van der Waals surface area contributed by atoms with Crippen LogP contribution in [0.1, 0.15) is 36.3 Å². The number of alkyl halides is 3. The number of H-pyrrole nitrogens is 1. The van der Waals surface area contributed by atoms with Gasteiger partial charge in [0, 0.05) is 29.4 Å². The van der Waals surface area contributed by atoms with Crippen LogP contribution < -0.4 is 5.32 Å². The van der Waals surface area contributed by atoms with Gasteiger partial charge in [-0.25, -0.2) is 15.0 Å². The van der Waals surface area contributed by atoms with Gasteiger partial charge in [0.2, 0.25) is 5.95 Å². The molecule has 0 amide bonds. The van der Waals surface area contributed by atoms with Crippen LogP contribution in [-0.4, -0.2) is 49.9 Å². The second-order valence-corrected chi connectivity index (χ2v) is 10.6. The number of aromatic nitrogens is 5. The van der Waals surface area contributed by atoms with E-state index in [4.69, 9.17) is 4.52 Å². The molecule has 196 valence electrons. The number of hydrogen-bond donors (Lipinski definition) is 3. The van der Waals surface area contributed by atoms with Crippen LogP contribution in [0.2, 0.25) is 0 Å². The lowest BCUT2D eigenvalue weighted by atomic mass is 10.0. The third-order valence-corrected chi connectivity index (χ3v) is 7.43. The molecule has 2 atom stereocenters. The van der Waals surface area contributed by atoms with Gasteiger partial charge in [0.25, 0.3) is 10.1 Å². The molecule has 0 bridgehead atoms. The van der Waals surface area contributed by atoms with Gasteiger partial charge in [-0.1, -0.05) is 11.6 Å². The number of hydrogen-bond acceptors (Lipinski definition) is 8. The number of nitrogens with zero attached hydrogens (tertiary/aromatic N) is 4. The average molecular weight is 537 g/mol. The lowest BCUT2D eigenvalue weighted by molar-refractivity contribution is -0.137. The van der Waals surface area contributed by atoms with Crippen molar-refractivity contribution in [3.63, 3.8) is 0 Å². The van der Waals surface area contributed by atoms with Gasteiger partial charge in [0.05, 0.1) is 28.4 Å². The molecule has 10 nitrogen and oxygen atoms in total. The summed E-state index contributed by atoms with van der Waals surface area (Å²) in [5, 5.41) is 7.32. The molecule has 0 unspecified atom stereocenters. The van der Waals surface area contributed by atoms with Gasteiger partial charge in [-0.2, -0.15) is 21.6 Å². The normalized spacial score (nSPS) is 18.5. The van der Waals surface area contributed by atoms with Crippen LogP contribution in [0.3, 0.4) is 0 Å². The minimum atomic E-state index is -4.72. The minimum absolute atomic E-state index is 0.0649. The molecule has 0 aliphatic heterocycles. The summed E-state index contributed by atoms with van der Waals surface area (Å²) in [6, 6.07) is 2.93. The molecule has 1 aliphatic carbocycles. The summed E-state index contributed by atoms with van der Waals surface area (Å²) >= 11 is 0. The van der Waals surface area contributed by atoms with Crippen molar-refractivity contribution in [1.82, 2.24) is 25.1 Å². The maximum absolute atomic E-state index is 13.9. The first-order valence-corrected chi connectivity index (χ1v) is 13.1. The highest BCUT2D eigenvalue weighted by atomic mass is 32.2. The first-order valence-electron chi connectivity index (χ1n) is 11.5. The van der Waals surface area contributed by atoms with Crippen LogP contribution in [0.4, 0.5) is 19.1 Å². The van der Waals surface area contributed by atoms with Gasteiger partial charge in [-0.05, 0) is 44.7 Å². The lowest BCUT2D eigenvalue weighted by Crippen LogP contribution is -2.30. The Balaban J connectivity index is 1.54. The van der Waals surface area contributed by atoms with Crippen LogP contribution in [0.5, 0.6) is 0 Å². The van der Waals surface area contributed by atoms with Crippen molar-refractivity contribution in [2.24, 2.45) is 5.92 Å². The molecule has 0 aromatic carbocycles. The number of pyridine rings is 1. The number of halogens is 3. The molecule has 3 N–H and O–H groups in total. The zero-order valence-corrected chi connectivity index (χ0v) is 20.6. The predicted octanol–water partition coefficient (Wildman–Crippen LogP) is 4.78. The minimum Gasteiger partial charge on any atom is -0.361 e. The van der Waals surface area contributed by atoms with Crippen LogP contribution in [0, 0.1) is 19.8 Å². The molecule has 1 fully saturated rings. The zero-order chi connectivity index (χ0) is 26.5. The fraction of sp³-hybridized carbons (Fsp3) is 0.391. The SMILES string of the molecule is Cc1noc(C)c1-c1ccc2c(-c3nc(N[C@@H]4CCC[C@@H]4CS(=O)(=O)O)ncc3C(F)(F)F)c[nH]c2n1. The molecule has 4 heterocycles. The Morgan fingerprint density at radius 3 is 2.68 bits per heavy atom. The van der Waals surface area contributed by atoms with Crippen LogP contribution in [0.25, 0.3) is 33.5 Å². The Morgan fingerprint density at radius 2 is 2.00 bits per heavy atom. The number of rotatable bonds is 6. The summed E-state index contributed by atoms with van der Waals surface area (Å²) in [5.74, 6) is -0.352. The Bertz CT molecular complexity index is 1560. The quantitative estimate of drug-likeness (QED) is 0.296. The summed E-state index contributed by atoms with van der Waals surface area (Å²) in [6.45, 7) is 3.52. The van der Waals surface area contributed by atoms with Gasteiger partial charge in [0.1, 0.15) is 17.0 Å². The van der Waals surface area contributed by atoms with Crippen molar-refractivity contribution in [3.05, 3.63) is 41.5 Å². The van der Waals surface area contributed by atoms with E-state index in [-0.39, 0.29) is 17.2 Å². The summed E-state index contributed by atoms with van der Waals surface area (Å²) in [4.78, 5) is 15.5. The lowest BCUT2D eigenvalue weighted by Gasteiger charge is -2.21. The third kappa shape index (κ3) is 5.03. The third-order valence-electron chi connectivity index (χ3n) is 6.58. The fourth-order valence-electron chi connectivity index (χ4n) is 4.92. The van der Waals surface area contributed by atoms with E-state index in [1.54, 1.807) is 26.0 Å². The van der Waals surface area contributed by atoms with Gasteiger partial charge >= 0.3 is 6.18 Å². The van der Waals surface area contributed by atoms with Crippen LogP contribution in [-0.2, 0) is 16.3 Å². The van der Waals surface area contributed by atoms with Crippen LogP contribution >= 0.6 is 0 Å². The van der Waals surface area contributed by atoms with E-state index in [2.05, 4.69) is 30.4 Å². The van der Waals surface area contributed by atoms with E-state index in [0.29, 0.717) is 59.2 Å². The molecule has 37 heavy (non-hydrogen) atoms. The van der Waals surface area contributed by atoms with E-state index in [1.165, 1.54) is 6.20 Å². The second kappa shape index (κ2) is 9.10. The molecular weight excluding hydrogens is 513 g/mol. The first-order chi connectivity index (χ1) is 17.4. The van der Waals surface area contributed by atoms with Gasteiger partial charge in [-0.3, -0.25) is 4.55 Å². The van der Waals surface area contributed by atoms with Crippen molar-refractivity contribution >= 4 is 27.1 Å². The number of anilines is 1. The van der Waals surface area contributed by atoms with E-state index >= 15 is 0 Å². The molecule has 4 aromatic heterocycles. The highest BCUT2D eigenvalue weighted by molar-refractivity contribution is 7.85. The Labute approximate surface area is 209 Å². The maximum Gasteiger partial charge on any atom is 0.419 e. The number of aromatic amines is 1. The molecule has 0 spiro atoms. The van der Waals surface area contributed by atoms with Crippen molar-refractivity contribution in [2.75, 3.05) is 11.1 Å². The number of fused-ring (bicyclic) bond motifs is 1. The average Bonchev–Trinajstić information content (AvgIpc) is 3.50. The van der Waals surface area contributed by atoms with E-state index in [0.717, 1.165) is 0 Å². The highest BCUT2D eigenvalue weighted by Crippen LogP contribution is 2.39. The smallest absolute Gasteiger partial charge is 0.361 e. The molecule has 1 aliphatic rings. The van der Waals surface area contributed by atoms with Gasteiger partial charge < -0.3 is 14.8 Å². The number of aryl methyl sites for hydroxylation is 2. The van der Waals surface area contributed by atoms with Gasteiger partial charge in [-0.15, -0.1) is 0 Å². The van der Waals surface area contributed by atoms with Crippen LogP contribution in [0.15, 0.2) is 29.0 Å². The van der Waals surface area contributed by atoms with Crippen molar-refractivity contribution in [2.45, 2.75) is 45.3 Å². The molecule has 14 heteroatoms. The van der Waals surface area contributed by atoms with E-state index in [1.807, 2.05) is 0 Å². The number of nitrogens with one attached hydrogen (secondary N) is 2. The molecular formula is C23H23F3N6O4S. The molecule has 0 radical (unpaired) electrons. The highest BCUT2D eigenvalue weighted by Gasteiger charge is 2.37. The second-order valence-electron chi connectivity index (χ2n) is 9.14. The summed E-state index contributed by atoms with van der Waals surface area (Å²) in [5.41, 5.74) is 1.09. The molecule has 4 aromatic rings. The monoisotopic (exact) mass is 536 g/mol. The van der Waals surface area contributed by atoms with Gasteiger partial charge in [0.15, 0.2) is 0 Å². The Kier molecular flexibility index (Phi) is 6.18. The van der Waals surface area contributed by atoms with E-state index in [9.17, 15) is 26.1 Å². The first kappa shape index (κ1) is 25.1. The predicted molar refractivity (Wildman–Crippen MR) is 128 cm³/mol. The standard InChI is InChI=1S/C23H23F3N6O4S/c1-11-19(12(2)36-32-11)18-7-6-14-15(8-27-21(14)29-18)20-16(23(24,25)26)9-28-22(31-20)30-17-5-3-4-13(17)10-37(33,34)35/h6-9,13,17H,3-5,10H2,1-2H3,(H,27,29)(H,28,30,31)(H,33,34,35)/t13-,17-/m1/s1. The Morgan fingerprint density at radius 1 is 1.22 bits per heavy atom. The van der Waals surface area contributed by atoms with Crippen molar-refractivity contribution < 1.29 is 30.7 Å². The van der Waals surface area contributed by atoms with E-state index < -0.39 is 39.6 Å². The molecule has 0 saturated heterocycles. The Hall–Kier alpha value is -3.52. The van der Waals surface area contributed by atoms with Crippen molar-refractivity contribution in [1.29, 1.82) is 0 Å². The molecule has 5 rings (SSSR count). The summed E-state index contributed by atoms with van der Waals surface area (Å²) in [6.07, 6.45) is -0.780. The summed E-state index contributed by atoms with van der Waals surface area (Å²) < 4.78 is 78.9. The summed E-state index contributed by atoms with van der Waals surface area (Å²) in [7, 11) is -4.20. The molecule has 1 saturated carbocycles. The zero-order valence-electron chi connectivity index (χ0n) is 19.8. The largest absolute Gasteiger partial charge is 0.419 e. The fourth-order valence-corrected chi connectivity index (χ4v) is 5.86. The topological polar surface area (TPSA) is 147 Å².